The van der Waals surface area contributed by atoms with Crippen molar-refractivity contribution in [2.24, 2.45) is 0 Å². The smallest absolute Gasteiger partial charge is 0.0967 e. The van der Waals surface area contributed by atoms with E-state index in [1.807, 2.05) is 0 Å². The first-order valence-electron chi connectivity index (χ1n) is 7.22. The van der Waals surface area contributed by atoms with Crippen LogP contribution in [0.4, 0.5) is 0 Å². The van der Waals surface area contributed by atoms with Gasteiger partial charge in [0.15, 0.2) is 0 Å². The molecule has 0 radical (unpaired) electrons. The third-order valence-electron chi connectivity index (χ3n) is 4.08. The van der Waals surface area contributed by atoms with Crippen LogP contribution < -0.4 is 0 Å². The van der Waals surface area contributed by atoms with Crippen LogP contribution in [0.1, 0.15) is 60.8 Å². The number of hydroxylamine groups is 2. The van der Waals surface area contributed by atoms with Gasteiger partial charge < -0.3 is 9.84 Å². The van der Waals surface area contributed by atoms with Gasteiger partial charge in [0.1, 0.15) is 0 Å². The summed E-state index contributed by atoms with van der Waals surface area (Å²) in [6.45, 7) is 12.6. The van der Waals surface area contributed by atoms with Crippen LogP contribution in [0, 0.1) is 0 Å². The van der Waals surface area contributed by atoms with Gasteiger partial charge in [-0.15, -0.1) is 0 Å². The standard InChI is InChI=1S/C15H31NO3/c1-8-15(6)10-12(18-7)9-13(2,3)16(15)19-11-14(4,5)17/h12,17H,8-11H2,1-7H3. The number of methoxy groups -OCH3 is 1. The van der Waals surface area contributed by atoms with Crippen LogP contribution >= 0.6 is 0 Å². The van der Waals surface area contributed by atoms with E-state index in [0.717, 1.165) is 19.3 Å². The van der Waals surface area contributed by atoms with Crippen molar-refractivity contribution in [3.63, 3.8) is 0 Å². The first kappa shape index (κ1) is 16.9. The maximum Gasteiger partial charge on any atom is 0.0967 e. The number of hydrogen-bond donors (Lipinski definition) is 1. The Bertz CT molecular complexity index is 298. The lowest BCUT2D eigenvalue weighted by molar-refractivity contribution is -0.311. The molecule has 114 valence electrons. The fourth-order valence-electron chi connectivity index (χ4n) is 3.02. The Morgan fingerprint density at radius 3 is 2.26 bits per heavy atom. The Balaban J connectivity index is 2.90. The van der Waals surface area contributed by atoms with Crippen molar-refractivity contribution in [1.29, 1.82) is 0 Å². The van der Waals surface area contributed by atoms with Crippen molar-refractivity contribution in [1.82, 2.24) is 5.06 Å². The van der Waals surface area contributed by atoms with E-state index in [-0.39, 0.29) is 17.2 Å². The molecular weight excluding hydrogens is 242 g/mol. The van der Waals surface area contributed by atoms with E-state index in [9.17, 15) is 5.11 Å². The highest BCUT2D eigenvalue weighted by Gasteiger charge is 2.48. The second kappa shape index (κ2) is 5.68. The minimum atomic E-state index is -0.817. The predicted molar refractivity (Wildman–Crippen MR) is 76.9 cm³/mol. The van der Waals surface area contributed by atoms with E-state index in [1.54, 1.807) is 21.0 Å². The summed E-state index contributed by atoms with van der Waals surface area (Å²) in [5, 5.41) is 12.0. The van der Waals surface area contributed by atoms with E-state index >= 15 is 0 Å². The zero-order chi connectivity index (χ0) is 14.9. The van der Waals surface area contributed by atoms with Gasteiger partial charge in [0.2, 0.25) is 0 Å². The summed E-state index contributed by atoms with van der Waals surface area (Å²) >= 11 is 0. The van der Waals surface area contributed by atoms with Gasteiger partial charge in [0, 0.05) is 18.2 Å². The molecule has 0 amide bonds. The molecule has 1 rings (SSSR count). The fraction of sp³-hybridized carbons (Fsp3) is 1.00. The molecule has 4 nitrogen and oxygen atoms in total. The maximum atomic E-state index is 9.88. The monoisotopic (exact) mass is 273 g/mol. The molecule has 0 aromatic rings. The summed E-state index contributed by atoms with van der Waals surface area (Å²) in [5.74, 6) is 0. The van der Waals surface area contributed by atoms with Crippen LogP contribution in [0.2, 0.25) is 0 Å². The first-order chi connectivity index (χ1) is 8.54. The molecule has 0 saturated carbocycles. The average molecular weight is 273 g/mol. The summed E-state index contributed by atoms with van der Waals surface area (Å²) in [5.41, 5.74) is -0.981. The van der Waals surface area contributed by atoms with Crippen LogP contribution in [-0.4, -0.2) is 46.7 Å². The van der Waals surface area contributed by atoms with Crippen LogP contribution in [0.3, 0.4) is 0 Å². The minimum absolute atomic E-state index is 0.0618. The normalized spacial score (nSPS) is 32.5. The zero-order valence-electron chi connectivity index (χ0n) is 13.6. The van der Waals surface area contributed by atoms with Crippen molar-refractivity contribution < 1.29 is 14.7 Å². The van der Waals surface area contributed by atoms with Crippen LogP contribution in [0.15, 0.2) is 0 Å². The molecule has 1 aliphatic rings. The number of nitrogens with zero attached hydrogens (tertiary/aromatic N) is 1. The van der Waals surface area contributed by atoms with Gasteiger partial charge in [-0.05, 0) is 53.9 Å². The molecule has 0 bridgehead atoms. The molecule has 2 unspecified atom stereocenters. The lowest BCUT2D eigenvalue weighted by Crippen LogP contribution is -2.63. The maximum absolute atomic E-state index is 9.88. The summed E-state index contributed by atoms with van der Waals surface area (Å²) in [4.78, 5) is 5.99. The van der Waals surface area contributed by atoms with Gasteiger partial charge in [-0.2, -0.15) is 5.06 Å². The molecule has 1 fully saturated rings. The number of rotatable bonds is 5. The topological polar surface area (TPSA) is 41.9 Å². The highest BCUT2D eigenvalue weighted by molar-refractivity contribution is 4.99. The highest BCUT2D eigenvalue weighted by atomic mass is 16.7. The molecule has 19 heavy (non-hydrogen) atoms. The zero-order valence-corrected chi connectivity index (χ0v) is 13.6. The van der Waals surface area contributed by atoms with Gasteiger partial charge in [0.05, 0.1) is 18.3 Å². The van der Waals surface area contributed by atoms with Crippen molar-refractivity contribution in [3.05, 3.63) is 0 Å². The number of piperidine rings is 1. The molecular formula is C15H31NO3. The van der Waals surface area contributed by atoms with Crippen molar-refractivity contribution in [3.8, 4) is 0 Å². The Labute approximate surface area is 118 Å². The molecule has 0 aliphatic carbocycles. The Morgan fingerprint density at radius 2 is 1.84 bits per heavy atom. The van der Waals surface area contributed by atoms with E-state index in [1.165, 1.54) is 0 Å². The Kier molecular flexibility index (Phi) is 5.05. The SMILES string of the molecule is CCC1(C)CC(OC)CC(C)(C)N1OCC(C)(C)O. The van der Waals surface area contributed by atoms with E-state index in [4.69, 9.17) is 9.57 Å². The third kappa shape index (κ3) is 4.15. The van der Waals surface area contributed by atoms with E-state index < -0.39 is 5.60 Å². The minimum Gasteiger partial charge on any atom is -0.388 e. The fourth-order valence-corrected chi connectivity index (χ4v) is 3.02. The summed E-state index contributed by atoms with van der Waals surface area (Å²) in [7, 11) is 1.78. The van der Waals surface area contributed by atoms with Crippen LogP contribution in [0.25, 0.3) is 0 Å². The Morgan fingerprint density at radius 1 is 1.26 bits per heavy atom. The molecule has 1 heterocycles. The molecule has 0 aromatic carbocycles. The third-order valence-corrected chi connectivity index (χ3v) is 4.08. The largest absolute Gasteiger partial charge is 0.388 e. The van der Waals surface area contributed by atoms with Gasteiger partial charge in [-0.1, -0.05) is 6.92 Å². The lowest BCUT2D eigenvalue weighted by atomic mass is 9.78. The number of aliphatic hydroxyl groups is 1. The lowest BCUT2D eigenvalue weighted by Gasteiger charge is -2.55. The second-order valence-electron chi connectivity index (χ2n) is 7.31. The number of ether oxygens (including phenoxy) is 1. The van der Waals surface area contributed by atoms with Gasteiger partial charge in [0.25, 0.3) is 0 Å². The van der Waals surface area contributed by atoms with Crippen LogP contribution in [0.5, 0.6) is 0 Å². The highest BCUT2D eigenvalue weighted by Crippen LogP contribution is 2.41. The number of hydrogen-bond acceptors (Lipinski definition) is 4. The molecule has 1 N–H and O–H groups in total. The Hall–Kier alpha value is -0.160. The average Bonchev–Trinajstić information content (AvgIpc) is 2.25. The molecule has 4 heteroatoms. The second-order valence-corrected chi connectivity index (χ2v) is 7.31. The van der Waals surface area contributed by atoms with E-state index in [2.05, 4.69) is 32.8 Å². The van der Waals surface area contributed by atoms with E-state index in [0.29, 0.717) is 6.61 Å². The van der Waals surface area contributed by atoms with Crippen molar-refractivity contribution >= 4 is 0 Å². The summed E-state index contributed by atoms with van der Waals surface area (Å²) < 4.78 is 5.59. The summed E-state index contributed by atoms with van der Waals surface area (Å²) in [6.07, 6.45) is 3.14. The molecule has 1 saturated heterocycles. The molecule has 1 aliphatic heterocycles. The molecule has 2 atom stereocenters. The van der Waals surface area contributed by atoms with Gasteiger partial charge in [-0.3, -0.25) is 4.84 Å². The van der Waals surface area contributed by atoms with Crippen molar-refractivity contribution in [2.45, 2.75) is 83.6 Å². The molecule has 0 aromatic heterocycles. The summed E-state index contributed by atoms with van der Waals surface area (Å²) in [6, 6.07) is 0. The van der Waals surface area contributed by atoms with Crippen LogP contribution in [-0.2, 0) is 9.57 Å². The molecule has 0 spiro atoms. The quantitative estimate of drug-likeness (QED) is 0.836. The predicted octanol–water partition coefficient (Wildman–Crippen LogP) is 2.75. The van der Waals surface area contributed by atoms with Gasteiger partial charge in [-0.25, -0.2) is 0 Å². The first-order valence-corrected chi connectivity index (χ1v) is 7.22. The van der Waals surface area contributed by atoms with Gasteiger partial charge >= 0.3 is 0 Å². The van der Waals surface area contributed by atoms with Crippen molar-refractivity contribution in [2.75, 3.05) is 13.7 Å².